The maximum Gasteiger partial charge on any atom is 0.254 e. The van der Waals surface area contributed by atoms with Crippen LogP contribution in [-0.4, -0.2) is 71.5 Å². The van der Waals surface area contributed by atoms with Gasteiger partial charge in [-0.25, -0.2) is 4.98 Å². The molecule has 0 radical (unpaired) electrons. The number of anilines is 1. The zero-order valence-corrected chi connectivity index (χ0v) is 22.9. The van der Waals surface area contributed by atoms with E-state index >= 15 is 0 Å². The Hall–Kier alpha value is -4.43. The number of nitrogens with zero attached hydrogens (tertiary/aromatic N) is 4. The summed E-state index contributed by atoms with van der Waals surface area (Å²) < 4.78 is 7.52. The van der Waals surface area contributed by atoms with Crippen LogP contribution in [0.5, 0.6) is 5.75 Å². The van der Waals surface area contributed by atoms with E-state index < -0.39 is 0 Å². The number of carbonyl (C=O) groups excluding carboxylic acids is 2. The van der Waals surface area contributed by atoms with Crippen LogP contribution >= 0.6 is 0 Å². The first kappa shape index (κ1) is 27.6. The van der Waals surface area contributed by atoms with Crippen molar-refractivity contribution in [3.05, 3.63) is 96.2 Å². The largest absolute Gasteiger partial charge is 0.494 e. The van der Waals surface area contributed by atoms with E-state index in [1.54, 1.807) is 11.0 Å². The first-order valence-electron chi connectivity index (χ1n) is 13.0. The maximum absolute atomic E-state index is 13.4. The van der Waals surface area contributed by atoms with E-state index in [2.05, 4.69) is 5.32 Å². The molecule has 0 fully saturated rings. The second-order valence-electron chi connectivity index (χ2n) is 9.51. The number of amides is 2. The van der Waals surface area contributed by atoms with Gasteiger partial charge in [0.1, 0.15) is 12.3 Å². The van der Waals surface area contributed by atoms with Gasteiger partial charge in [-0.1, -0.05) is 54.6 Å². The van der Waals surface area contributed by atoms with Crippen LogP contribution in [0.4, 0.5) is 5.95 Å². The summed E-state index contributed by atoms with van der Waals surface area (Å²) >= 11 is 0. The van der Waals surface area contributed by atoms with Gasteiger partial charge in [0.05, 0.1) is 18.0 Å². The number of hydrogen-bond acceptors (Lipinski definition) is 5. The second kappa shape index (κ2) is 12.9. The molecule has 0 aliphatic rings. The molecule has 3 aromatic carbocycles. The lowest BCUT2D eigenvalue weighted by Crippen LogP contribution is -2.42. The minimum absolute atomic E-state index is 0.104. The van der Waals surface area contributed by atoms with E-state index in [1.807, 2.05) is 116 Å². The third-order valence-electron chi connectivity index (χ3n) is 6.25. The van der Waals surface area contributed by atoms with E-state index in [4.69, 9.17) is 9.72 Å². The van der Waals surface area contributed by atoms with E-state index in [0.29, 0.717) is 36.9 Å². The van der Waals surface area contributed by atoms with Crippen molar-refractivity contribution in [1.82, 2.24) is 19.4 Å². The Morgan fingerprint density at radius 3 is 2.41 bits per heavy atom. The standard InChI is InChI=1S/C31H35N5O3/c1-5-39-26-16-11-15-25(20-26)36-21-28(24-13-7-6-8-14-24)32-31(36)33-29(37)22-35(19-18-34(3)4)30(38)27-17-10-9-12-23(27)2/h6-17,20-21H,5,18-19,22H2,1-4H3,(H,32,33,37). The van der Waals surface area contributed by atoms with Crippen molar-refractivity contribution >= 4 is 17.8 Å². The molecule has 8 heteroatoms. The van der Waals surface area contributed by atoms with Crippen LogP contribution in [0, 0.1) is 6.92 Å². The van der Waals surface area contributed by atoms with Crippen molar-refractivity contribution < 1.29 is 14.3 Å². The van der Waals surface area contributed by atoms with Crippen molar-refractivity contribution in [2.24, 2.45) is 0 Å². The van der Waals surface area contributed by atoms with E-state index in [1.165, 1.54) is 0 Å². The fraction of sp³-hybridized carbons (Fsp3) is 0.258. The van der Waals surface area contributed by atoms with Gasteiger partial charge in [-0.3, -0.25) is 19.5 Å². The Morgan fingerprint density at radius 2 is 1.69 bits per heavy atom. The van der Waals surface area contributed by atoms with Crippen LogP contribution < -0.4 is 10.1 Å². The molecule has 4 aromatic rings. The minimum atomic E-state index is -0.330. The summed E-state index contributed by atoms with van der Waals surface area (Å²) in [5.74, 6) is 0.579. The smallest absolute Gasteiger partial charge is 0.254 e. The number of imidazole rings is 1. The van der Waals surface area contributed by atoms with E-state index in [0.717, 1.165) is 22.6 Å². The summed E-state index contributed by atoms with van der Waals surface area (Å²) in [6, 6.07) is 24.8. The molecule has 1 aromatic heterocycles. The number of carbonyl (C=O) groups is 2. The van der Waals surface area contributed by atoms with E-state index in [-0.39, 0.29) is 18.4 Å². The lowest BCUT2D eigenvalue weighted by Gasteiger charge is -2.24. The van der Waals surface area contributed by atoms with Crippen molar-refractivity contribution in [2.75, 3.05) is 45.7 Å². The predicted octanol–water partition coefficient (Wildman–Crippen LogP) is 4.89. The first-order chi connectivity index (χ1) is 18.9. The van der Waals surface area contributed by atoms with Crippen LogP contribution in [-0.2, 0) is 4.79 Å². The Bertz CT molecular complexity index is 1410. The van der Waals surface area contributed by atoms with Gasteiger partial charge in [0.2, 0.25) is 11.9 Å². The summed E-state index contributed by atoms with van der Waals surface area (Å²) in [6.07, 6.45) is 1.89. The van der Waals surface area contributed by atoms with Crippen molar-refractivity contribution in [2.45, 2.75) is 13.8 Å². The molecule has 8 nitrogen and oxygen atoms in total. The summed E-state index contributed by atoms with van der Waals surface area (Å²) in [6.45, 7) is 5.31. The third-order valence-corrected chi connectivity index (χ3v) is 6.25. The molecular formula is C31H35N5O3. The SMILES string of the molecule is CCOc1cccc(-n2cc(-c3ccccc3)nc2NC(=O)CN(CCN(C)C)C(=O)c2ccccc2C)c1. The van der Waals surface area contributed by atoms with Crippen LogP contribution in [0.25, 0.3) is 16.9 Å². The molecule has 0 aliphatic carbocycles. The fourth-order valence-electron chi connectivity index (χ4n) is 4.20. The third kappa shape index (κ3) is 7.12. The molecule has 2 amide bonds. The number of nitrogens with one attached hydrogen (secondary N) is 1. The number of aryl methyl sites for hydroxylation is 1. The Morgan fingerprint density at radius 1 is 0.949 bits per heavy atom. The Balaban J connectivity index is 1.63. The zero-order chi connectivity index (χ0) is 27.8. The Kier molecular flexibility index (Phi) is 9.12. The van der Waals surface area contributed by atoms with Gasteiger partial charge in [0.25, 0.3) is 5.91 Å². The minimum Gasteiger partial charge on any atom is -0.494 e. The molecule has 0 aliphatic heterocycles. The predicted molar refractivity (Wildman–Crippen MR) is 154 cm³/mol. The molecule has 1 heterocycles. The molecule has 0 bridgehead atoms. The van der Waals surface area contributed by atoms with Gasteiger partial charge in [-0.15, -0.1) is 0 Å². The highest BCUT2D eigenvalue weighted by Crippen LogP contribution is 2.26. The molecule has 1 N–H and O–H groups in total. The number of rotatable bonds is 11. The summed E-state index contributed by atoms with van der Waals surface area (Å²) in [5, 5.41) is 2.95. The molecule has 39 heavy (non-hydrogen) atoms. The van der Waals surface area contributed by atoms with Crippen LogP contribution in [0.1, 0.15) is 22.8 Å². The van der Waals surface area contributed by atoms with Crippen molar-refractivity contribution in [1.29, 1.82) is 0 Å². The molecule has 0 atom stereocenters. The van der Waals surface area contributed by atoms with E-state index in [9.17, 15) is 9.59 Å². The molecule has 0 unspecified atom stereocenters. The highest BCUT2D eigenvalue weighted by molar-refractivity contribution is 6.00. The molecule has 0 spiro atoms. The molecule has 202 valence electrons. The summed E-state index contributed by atoms with van der Waals surface area (Å²) in [7, 11) is 3.88. The monoisotopic (exact) mass is 525 g/mol. The molecular weight excluding hydrogens is 490 g/mol. The van der Waals surface area contributed by atoms with Gasteiger partial charge >= 0.3 is 0 Å². The van der Waals surface area contributed by atoms with Gasteiger partial charge in [0.15, 0.2) is 0 Å². The highest BCUT2D eigenvalue weighted by atomic mass is 16.5. The molecule has 0 saturated carbocycles. The quantitative estimate of drug-likeness (QED) is 0.302. The molecule has 4 rings (SSSR count). The number of likely N-dealkylation sites (N-methyl/N-ethyl adjacent to an activating group) is 1. The number of hydrogen-bond donors (Lipinski definition) is 1. The maximum atomic E-state index is 13.4. The fourth-order valence-corrected chi connectivity index (χ4v) is 4.20. The van der Waals surface area contributed by atoms with Gasteiger partial charge in [-0.2, -0.15) is 0 Å². The lowest BCUT2D eigenvalue weighted by molar-refractivity contribution is -0.117. The van der Waals surface area contributed by atoms with Crippen LogP contribution in [0.3, 0.4) is 0 Å². The number of benzene rings is 3. The topological polar surface area (TPSA) is 79.7 Å². The highest BCUT2D eigenvalue weighted by Gasteiger charge is 2.22. The summed E-state index contributed by atoms with van der Waals surface area (Å²) in [4.78, 5) is 35.1. The molecule has 0 saturated heterocycles. The number of ether oxygens (including phenoxy) is 1. The van der Waals surface area contributed by atoms with Gasteiger partial charge in [0, 0.05) is 36.5 Å². The average Bonchev–Trinajstić information content (AvgIpc) is 3.35. The normalized spacial score (nSPS) is 10.9. The van der Waals surface area contributed by atoms with Crippen LogP contribution in [0.2, 0.25) is 0 Å². The number of aromatic nitrogens is 2. The average molecular weight is 526 g/mol. The van der Waals surface area contributed by atoms with Crippen molar-refractivity contribution in [3.8, 4) is 22.7 Å². The van der Waals surface area contributed by atoms with Gasteiger partial charge < -0.3 is 14.5 Å². The van der Waals surface area contributed by atoms with Crippen LogP contribution in [0.15, 0.2) is 85.1 Å². The zero-order valence-electron chi connectivity index (χ0n) is 22.9. The van der Waals surface area contributed by atoms with Crippen molar-refractivity contribution in [3.63, 3.8) is 0 Å². The summed E-state index contributed by atoms with van der Waals surface area (Å²) in [5.41, 5.74) is 3.90. The second-order valence-corrected chi connectivity index (χ2v) is 9.51. The first-order valence-corrected chi connectivity index (χ1v) is 13.0. The Labute approximate surface area is 229 Å². The van der Waals surface area contributed by atoms with Gasteiger partial charge in [-0.05, 0) is 51.7 Å². The lowest BCUT2D eigenvalue weighted by atomic mass is 10.1.